The lowest BCUT2D eigenvalue weighted by atomic mass is 10.0. The summed E-state index contributed by atoms with van der Waals surface area (Å²) in [5.74, 6) is -0.126. The Morgan fingerprint density at radius 3 is 2.93 bits per heavy atom. The molecule has 1 aromatic carbocycles. The molecular formula is C20H19FN4O3. The first-order valence-electron chi connectivity index (χ1n) is 8.86. The van der Waals surface area contributed by atoms with E-state index in [4.69, 9.17) is 9.84 Å². The van der Waals surface area contributed by atoms with Crippen molar-refractivity contribution in [3.05, 3.63) is 48.2 Å². The van der Waals surface area contributed by atoms with Crippen LogP contribution in [-0.4, -0.2) is 57.7 Å². The number of amides is 1. The molecule has 3 aromatic rings. The van der Waals surface area contributed by atoms with Crippen molar-refractivity contribution < 1.29 is 19.0 Å². The summed E-state index contributed by atoms with van der Waals surface area (Å²) < 4.78 is 19.2. The van der Waals surface area contributed by atoms with Crippen molar-refractivity contribution in [3.8, 4) is 17.0 Å². The minimum Gasteiger partial charge on any atom is -0.496 e. The van der Waals surface area contributed by atoms with Crippen LogP contribution in [0.1, 0.15) is 12.1 Å². The summed E-state index contributed by atoms with van der Waals surface area (Å²) in [5, 5.41) is 9.76. The topological polar surface area (TPSA) is 91.3 Å². The molecule has 0 spiro atoms. The van der Waals surface area contributed by atoms with Gasteiger partial charge in [0.15, 0.2) is 0 Å². The molecule has 1 aliphatic rings. The summed E-state index contributed by atoms with van der Waals surface area (Å²) in [5.41, 5.74) is 3.71. The first kappa shape index (κ1) is 18.1. The zero-order valence-electron chi connectivity index (χ0n) is 15.3. The molecule has 4 rings (SSSR count). The van der Waals surface area contributed by atoms with E-state index in [1.165, 1.54) is 25.6 Å². The maximum atomic E-state index is 13.8. The van der Waals surface area contributed by atoms with Gasteiger partial charge in [0, 0.05) is 29.7 Å². The van der Waals surface area contributed by atoms with Gasteiger partial charge >= 0.3 is 0 Å². The number of aromatic nitrogens is 3. The van der Waals surface area contributed by atoms with Crippen molar-refractivity contribution in [3.63, 3.8) is 0 Å². The number of hydrogen-bond donors (Lipinski definition) is 2. The van der Waals surface area contributed by atoms with Gasteiger partial charge in [0.2, 0.25) is 5.91 Å². The summed E-state index contributed by atoms with van der Waals surface area (Å²) in [4.78, 5) is 25.1. The van der Waals surface area contributed by atoms with Gasteiger partial charge in [-0.15, -0.1) is 0 Å². The molecule has 3 heterocycles. The van der Waals surface area contributed by atoms with Gasteiger partial charge in [0.05, 0.1) is 12.8 Å². The third kappa shape index (κ3) is 3.22. The van der Waals surface area contributed by atoms with E-state index in [9.17, 15) is 9.18 Å². The highest BCUT2D eigenvalue weighted by molar-refractivity contribution is 5.94. The van der Waals surface area contributed by atoms with Crippen LogP contribution in [0.2, 0.25) is 0 Å². The van der Waals surface area contributed by atoms with Crippen LogP contribution in [0.4, 0.5) is 4.39 Å². The Balaban J connectivity index is 1.74. The number of ether oxygens (including phenoxy) is 1. The number of aromatic amines is 1. The minimum absolute atomic E-state index is 0.279. The molecule has 28 heavy (non-hydrogen) atoms. The molecule has 0 atom stereocenters. The second-order valence-corrected chi connectivity index (χ2v) is 6.49. The van der Waals surface area contributed by atoms with Crippen LogP contribution in [0, 0.1) is 5.82 Å². The monoisotopic (exact) mass is 382 g/mol. The highest BCUT2D eigenvalue weighted by atomic mass is 19.1. The molecule has 8 heteroatoms. The van der Waals surface area contributed by atoms with Crippen LogP contribution in [0.25, 0.3) is 27.9 Å². The van der Waals surface area contributed by atoms with Crippen molar-refractivity contribution in [2.24, 2.45) is 0 Å². The smallest absolute Gasteiger partial charge is 0.248 e. The Hall–Kier alpha value is -3.26. The lowest BCUT2D eigenvalue weighted by Crippen LogP contribution is -2.36. The van der Waals surface area contributed by atoms with Crippen LogP contribution < -0.4 is 4.74 Å². The fourth-order valence-electron chi connectivity index (χ4n) is 3.43. The zero-order valence-corrected chi connectivity index (χ0v) is 15.3. The minimum atomic E-state index is -0.482. The predicted molar refractivity (Wildman–Crippen MR) is 102 cm³/mol. The second kappa shape index (κ2) is 7.40. The van der Waals surface area contributed by atoms with Gasteiger partial charge in [-0.1, -0.05) is 6.08 Å². The molecule has 1 aliphatic heterocycles. The summed E-state index contributed by atoms with van der Waals surface area (Å²) in [6.07, 6.45) is 4.04. The van der Waals surface area contributed by atoms with E-state index in [1.807, 2.05) is 12.1 Å². The van der Waals surface area contributed by atoms with Gasteiger partial charge < -0.3 is 19.7 Å². The summed E-state index contributed by atoms with van der Waals surface area (Å²) in [6, 6.07) is 6.24. The molecule has 0 radical (unpaired) electrons. The van der Waals surface area contributed by atoms with Crippen molar-refractivity contribution in [2.45, 2.75) is 6.42 Å². The third-order valence-corrected chi connectivity index (χ3v) is 4.89. The molecule has 2 aromatic heterocycles. The number of rotatable bonds is 4. The number of benzene rings is 1. The number of nitrogens with one attached hydrogen (secondary N) is 1. The fourth-order valence-corrected chi connectivity index (χ4v) is 3.43. The Morgan fingerprint density at radius 1 is 1.36 bits per heavy atom. The number of carbonyl (C=O) groups is 1. The van der Waals surface area contributed by atoms with Gasteiger partial charge in [-0.2, -0.15) is 0 Å². The van der Waals surface area contributed by atoms with E-state index in [-0.39, 0.29) is 11.7 Å². The number of carbonyl (C=O) groups excluding carboxylic acids is 1. The maximum Gasteiger partial charge on any atom is 0.248 e. The Labute approximate surface area is 160 Å². The summed E-state index contributed by atoms with van der Waals surface area (Å²) in [6.45, 7) is 0.501. The number of halogens is 1. The van der Waals surface area contributed by atoms with E-state index in [0.29, 0.717) is 42.2 Å². The fraction of sp³-hybridized carbons (Fsp3) is 0.250. The van der Waals surface area contributed by atoms with E-state index in [2.05, 4.69) is 15.0 Å². The third-order valence-electron chi connectivity index (χ3n) is 4.89. The Morgan fingerprint density at radius 2 is 2.21 bits per heavy atom. The van der Waals surface area contributed by atoms with Crippen LogP contribution in [0.3, 0.4) is 0 Å². The molecular weight excluding hydrogens is 363 g/mol. The molecule has 0 aliphatic carbocycles. The second-order valence-electron chi connectivity index (χ2n) is 6.49. The summed E-state index contributed by atoms with van der Waals surface area (Å²) in [7, 11) is 1.53. The van der Waals surface area contributed by atoms with Gasteiger partial charge in [0.1, 0.15) is 30.1 Å². The first-order chi connectivity index (χ1) is 13.6. The average Bonchev–Trinajstić information content (AvgIpc) is 3.17. The Bertz CT molecular complexity index is 1080. The largest absolute Gasteiger partial charge is 0.496 e. The van der Waals surface area contributed by atoms with Crippen molar-refractivity contribution >= 4 is 22.5 Å². The van der Waals surface area contributed by atoms with E-state index in [1.54, 1.807) is 11.0 Å². The molecule has 1 amide bonds. The molecule has 0 bridgehead atoms. The van der Waals surface area contributed by atoms with Crippen LogP contribution in [0.5, 0.6) is 5.75 Å². The highest BCUT2D eigenvalue weighted by Gasteiger charge is 2.20. The van der Waals surface area contributed by atoms with Crippen LogP contribution in [0.15, 0.2) is 36.7 Å². The standard InChI is InChI=1S/C20H19FN4O3/c1-28-17-3-2-13(21)8-14(17)19-15-9-16(24-20(15)23-11-22-19)12-4-6-25(7-5-12)18(27)10-26/h2-4,8-9,11,26H,5-7,10H2,1H3,(H,22,23,24). The molecule has 2 N–H and O–H groups in total. The number of fused-ring (bicyclic) bond motifs is 1. The van der Waals surface area contributed by atoms with E-state index in [0.717, 1.165) is 16.7 Å². The van der Waals surface area contributed by atoms with E-state index >= 15 is 0 Å². The highest BCUT2D eigenvalue weighted by Crippen LogP contribution is 2.35. The van der Waals surface area contributed by atoms with Gasteiger partial charge in [-0.3, -0.25) is 4.79 Å². The number of nitrogens with zero attached hydrogens (tertiary/aromatic N) is 3. The summed E-state index contributed by atoms with van der Waals surface area (Å²) >= 11 is 0. The lowest BCUT2D eigenvalue weighted by molar-refractivity contribution is -0.133. The van der Waals surface area contributed by atoms with Crippen molar-refractivity contribution in [1.29, 1.82) is 0 Å². The van der Waals surface area contributed by atoms with E-state index < -0.39 is 6.61 Å². The number of aliphatic hydroxyl groups is 1. The van der Waals surface area contributed by atoms with Gasteiger partial charge in [-0.05, 0) is 36.3 Å². The molecule has 0 saturated heterocycles. The quantitative estimate of drug-likeness (QED) is 0.723. The number of H-pyrrole nitrogens is 1. The molecule has 7 nitrogen and oxygen atoms in total. The van der Waals surface area contributed by atoms with Gasteiger partial charge in [-0.25, -0.2) is 14.4 Å². The lowest BCUT2D eigenvalue weighted by Gasteiger charge is -2.25. The first-order valence-corrected chi connectivity index (χ1v) is 8.86. The average molecular weight is 382 g/mol. The molecule has 0 saturated carbocycles. The normalized spacial score (nSPS) is 14.2. The number of hydrogen-bond acceptors (Lipinski definition) is 5. The van der Waals surface area contributed by atoms with Crippen LogP contribution >= 0.6 is 0 Å². The van der Waals surface area contributed by atoms with Crippen molar-refractivity contribution in [2.75, 3.05) is 26.8 Å². The Kier molecular flexibility index (Phi) is 4.79. The molecule has 144 valence electrons. The number of aliphatic hydroxyl groups excluding tert-OH is 1. The van der Waals surface area contributed by atoms with Crippen molar-refractivity contribution in [1.82, 2.24) is 19.9 Å². The predicted octanol–water partition coefficient (Wildman–Crippen LogP) is 2.38. The molecule has 0 fully saturated rings. The SMILES string of the molecule is COc1ccc(F)cc1-c1ncnc2[nH]c(C3=CCN(C(=O)CO)CC3)cc12. The zero-order chi connectivity index (χ0) is 19.7. The molecule has 0 unspecified atom stereocenters. The number of methoxy groups -OCH3 is 1. The van der Waals surface area contributed by atoms with Crippen LogP contribution in [-0.2, 0) is 4.79 Å². The maximum absolute atomic E-state index is 13.8. The van der Waals surface area contributed by atoms with Gasteiger partial charge in [0.25, 0.3) is 0 Å².